The number of aliphatic hydroxyl groups excluding tert-OH is 1. The summed E-state index contributed by atoms with van der Waals surface area (Å²) >= 11 is 8.54. The van der Waals surface area contributed by atoms with Gasteiger partial charge in [0, 0.05) is 22.8 Å². The largest absolute Gasteiger partial charge is 0.388 e. The van der Waals surface area contributed by atoms with Gasteiger partial charge in [-0.1, -0.05) is 0 Å². The monoisotopic (exact) mass is 360 g/mol. The van der Waals surface area contributed by atoms with E-state index in [1.807, 2.05) is 12.1 Å². The van der Waals surface area contributed by atoms with E-state index in [9.17, 15) is 9.90 Å². The first kappa shape index (κ1) is 10.9. The summed E-state index contributed by atoms with van der Waals surface area (Å²) in [7, 11) is 0. The fraction of sp³-hybridized carbons (Fsp3) is 0.182. The molecule has 5 heteroatoms. The predicted octanol–water partition coefficient (Wildman–Crippen LogP) is 4.05. The quantitative estimate of drug-likeness (QED) is 0.768. The molecule has 82 valence electrons. The van der Waals surface area contributed by atoms with E-state index in [1.54, 1.807) is 11.3 Å². The van der Waals surface area contributed by atoms with E-state index in [-0.39, 0.29) is 12.2 Å². The van der Waals surface area contributed by atoms with Crippen molar-refractivity contribution in [3.63, 3.8) is 0 Å². The zero-order valence-electron chi connectivity index (χ0n) is 7.96. The Bertz CT molecular complexity index is 618. The van der Waals surface area contributed by atoms with Gasteiger partial charge in [-0.15, -0.1) is 11.3 Å². The van der Waals surface area contributed by atoms with Crippen LogP contribution in [-0.2, 0) is 0 Å². The maximum absolute atomic E-state index is 11.7. The van der Waals surface area contributed by atoms with Crippen molar-refractivity contribution in [1.29, 1.82) is 0 Å². The molecule has 0 spiro atoms. The second kappa shape index (κ2) is 3.63. The minimum absolute atomic E-state index is 0.0265. The number of aliphatic hydroxyl groups is 1. The van der Waals surface area contributed by atoms with Crippen molar-refractivity contribution >= 4 is 59.8 Å². The summed E-state index contributed by atoms with van der Waals surface area (Å²) in [6.45, 7) is 0. The van der Waals surface area contributed by atoms with Crippen LogP contribution in [0, 0.1) is 0 Å². The highest BCUT2D eigenvalue weighted by Crippen LogP contribution is 2.43. The summed E-state index contributed by atoms with van der Waals surface area (Å²) in [4.78, 5) is 11.7. The highest BCUT2D eigenvalue weighted by molar-refractivity contribution is 9.12. The van der Waals surface area contributed by atoms with Crippen molar-refractivity contribution < 1.29 is 9.90 Å². The molecule has 0 amide bonds. The van der Waals surface area contributed by atoms with Crippen LogP contribution in [0.25, 0.3) is 10.8 Å². The molecule has 1 heterocycles. The van der Waals surface area contributed by atoms with Gasteiger partial charge < -0.3 is 5.11 Å². The summed E-state index contributed by atoms with van der Waals surface area (Å²) in [5.74, 6) is 0.0265. The van der Waals surface area contributed by atoms with Crippen LogP contribution in [0.2, 0.25) is 0 Å². The molecule has 1 atom stereocenters. The van der Waals surface area contributed by atoms with Crippen LogP contribution in [-0.4, -0.2) is 10.9 Å². The lowest BCUT2D eigenvalue weighted by Gasteiger charge is -2.02. The molecule has 1 aromatic heterocycles. The molecule has 1 unspecified atom stereocenters. The van der Waals surface area contributed by atoms with Crippen molar-refractivity contribution in [3.05, 3.63) is 30.8 Å². The molecule has 2 nitrogen and oxygen atoms in total. The molecule has 3 rings (SSSR count). The molecule has 0 saturated heterocycles. The Morgan fingerprint density at radius 3 is 2.56 bits per heavy atom. The van der Waals surface area contributed by atoms with Crippen molar-refractivity contribution in [1.82, 2.24) is 0 Å². The van der Waals surface area contributed by atoms with Crippen LogP contribution in [0.1, 0.15) is 28.4 Å². The lowest BCUT2D eigenvalue weighted by Crippen LogP contribution is -1.90. The highest BCUT2D eigenvalue weighted by Gasteiger charge is 2.29. The first-order valence-electron chi connectivity index (χ1n) is 4.70. The van der Waals surface area contributed by atoms with Gasteiger partial charge in [0.05, 0.1) is 13.7 Å². The molecule has 0 saturated carbocycles. The molecule has 0 radical (unpaired) electrons. The summed E-state index contributed by atoms with van der Waals surface area (Å²) in [6.07, 6.45) is -0.432. The second-order valence-corrected chi connectivity index (χ2v) is 7.43. The Labute approximate surface area is 113 Å². The molecule has 1 aromatic carbocycles. The highest BCUT2D eigenvalue weighted by atomic mass is 79.9. The van der Waals surface area contributed by atoms with E-state index in [4.69, 9.17) is 0 Å². The minimum atomic E-state index is -0.641. The van der Waals surface area contributed by atoms with Crippen molar-refractivity contribution in [2.24, 2.45) is 0 Å². The van der Waals surface area contributed by atoms with Crippen LogP contribution < -0.4 is 0 Å². The van der Waals surface area contributed by atoms with Gasteiger partial charge in [-0.05, 0) is 49.6 Å². The number of Topliss-reactive ketones (excluding diaryl/α,β-unsaturated/α-hetero) is 1. The first-order valence-corrected chi connectivity index (χ1v) is 7.11. The Morgan fingerprint density at radius 1 is 1.25 bits per heavy atom. The number of fused-ring (bicyclic) bond motifs is 2. The molecular formula is C11H6Br2O2S. The van der Waals surface area contributed by atoms with E-state index >= 15 is 0 Å². The number of hydrogen-bond donors (Lipinski definition) is 1. The minimum Gasteiger partial charge on any atom is -0.388 e. The molecule has 1 aliphatic carbocycles. The smallest absolute Gasteiger partial charge is 0.166 e. The summed E-state index contributed by atoms with van der Waals surface area (Å²) in [5, 5.41) is 11.8. The van der Waals surface area contributed by atoms with Gasteiger partial charge in [0.1, 0.15) is 0 Å². The van der Waals surface area contributed by atoms with E-state index in [1.165, 1.54) is 0 Å². The molecule has 1 N–H and O–H groups in total. The van der Waals surface area contributed by atoms with E-state index in [0.29, 0.717) is 5.56 Å². The lowest BCUT2D eigenvalue weighted by molar-refractivity contribution is 0.0930. The lowest BCUT2D eigenvalue weighted by atomic mass is 10.1. The van der Waals surface area contributed by atoms with Crippen LogP contribution in [0.5, 0.6) is 0 Å². The normalized spacial score (nSPS) is 19.4. The zero-order chi connectivity index (χ0) is 11.4. The Kier molecular flexibility index (Phi) is 2.47. The summed E-state index contributed by atoms with van der Waals surface area (Å²) < 4.78 is 2.02. The molecule has 0 fully saturated rings. The molecular weight excluding hydrogens is 356 g/mol. The Hall–Kier alpha value is -0.230. The Morgan fingerprint density at radius 2 is 1.88 bits per heavy atom. The van der Waals surface area contributed by atoms with Crippen LogP contribution >= 0.6 is 43.2 Å². The second-order valence-electron chi connectivity index (χ2n) is 3.78. The van der Waals surface area contributed by atoms with Crippen LogP contribution in [0.15, 0.2) is 19.7 Å². The topological polar surface area (TPSA) is 37.3 Å². The third-order valence-electron chi connectivity index (χ3n) is 2.83. The molecule has 0 aliphatic heterocycles. The summed E-state index contributed by atoms with van der Waals surface area (Å²) in [5.41, 5.74) is 1.41. The van der Waals surface area contributed by atoms with Gasteiger partial charge in [0.2, 0.25) is 0 Å². The maximum atomic E-state index is 11.7. The van der Waals surface area contributed by atoms with Crippen molar-refractivity contribution in [2.45, 2.75) is 12.5 Å². The molecule has 0 bridgehead atoms. The number of thiophene rings is 1. The van der Waals surface area contributed by atoms with Gasteiger partial charge >= 0.3 is 0 Å². The van der Waals surface area contributed by atoms with Gasteiger partial charge in [0.15, 0.2) is 5.78 Å². The van der Waals surface area contributed by atoms with Gasteiger partial charge in [0.25, 0.3) is 0 Å². The predicted molar refractivity (Wildman–Crippen MR) is 71.1 cm³/mol. The first-order chi connectivity index (χ1) is 7.58. The van der Waals surface area contributed by atoms with Gasteiger partial charge in [-0.25, -0.2) is 0 Å². The molecule has 2 aromatic rings. The number of halogens is 2. The maximum Gasteiger partial charge on any atom is 0.166 e. The van der Waals surface area contributed by atoms with E-state index < -0.39 is 6.10 Å². The number of carbonyl (C=O) groups excluding carboxylic acids is 1. The zero-order valence-corrected chi connectivity index (χ0v) is 11.9. The summed E-state index contributed by atoms with van der Waals surface area (Å²) in [6, 6.07) is 3.78. The average molecular weight is 362 g/mol. The number of rotatable bonds is 0. The van der Waals surface area contributed by atoms with Crippen LogP contribution in [0.3, 0.4) is 0 Å². The molecule has 16 heavy (non-hydrogen) atoms. The van der Waals surface area contributed by atoms with E-state index in [0.717, 1.165) is 23.9 Å². The van der Waals surface area contributed by atoms with Crippen LogP contribution in [0.4, 0.5) is 0 Å². The number of benzene rings is 1. The van der Waals surface area contributed by atoms with Crippen molar-refractivity contribution in [3.8, 4) is 0 Å². The van der Waals surface area contributed by atoms with Crippen molar-refractivity contribution in [2.75, 3.05) is 0 Å². The fourth-order valence-corrected chi connectivity index (χ4v) is 5.04. The third-order valence-corrected chi connectivity index (χ3v) is 5.45. The Balaban J connectivity index is 2.40. The SMILES string of the molecule is O=C1CC(O)c2cc3c(Br)sc(Br)c3cc21. The number of carbonyl (C=O) groups is 1. The van der Waals surface area contributed by atoms with Gasteiger partial charge in [-0.3, -0.25) is 4.79 Å². The average Bonchev–Trinajstić information content (AvgIpc) is 2.67. The van der Waals surface area contributed by atoms with Gasteiger partial charge in [-0.2, -0.15) is 0 Å². The standard InChI is InChI=1S/C11H6Br2O2S/c12-10-6-1-4-5(9(15)3-8(4)14)2-7(6)11(13)16-10/h1-2,8,14H,3H2. The number of hydrogen-bond acceptors (Lipinski definition) is 3. The third kappa shape index (κ3) is 1.42. The van der Waals surface area contributed by atoms with E-state index in [2.05, 4.69) is 31.9 Å². The number of ketones is 1. The fourth-order valence-electron chi connectivity index (χ4n) is 2.04. The molecule has 1 aliphatic rings.